The Kier molecular flexibility index (Phi) is 4.55. The van der Waals surface area contributed by atoms with E-state index in [-0.39, 0.29) is 5.56 Å². The summed E-state index contributed by atoms with van der Waals surface area (Å²) in [6.45, 7) is 2.62. The highest BCUT2D eigenvalue weighted by atomic mass is 79.9. The first-order valence-corrected chi connectivity index (χ1v) is 7.42. The highest BCUT2D eigenvalue weighted by Crippen LogP contribution is 2.24. The van der Waals surface area contributed by atoms with E-state index in [4.69, 9.17) is 0 Å². The molecule has 0 aliphatic rings. The van der Waals surface area contributed by atoms with E-state index < -0.39 is 5.97 Å². The predicted octanol–water partition coefficient (Wildman–Crippen LogP) is 3.57. The standard InChI is InChI=1S/C13H13BrN2O2S/c1-8-7-19-11(16-8)5-6-15-10-4-2-3-9(14)12(10)13(17)18/h2-4,7,15H,5-6H2,1H3,(H,17,18). The van der Waals surface area contributed by atoms with Gasteiger partial charge in [-0.15, -0.1) is 11.3 Å². The number of thiazole rings is 1. The molecule has 0 atom stereocenters. The third-order valence-corrected chi connectivity index (χ3v) is 4.24. The van der Waals surface area contributed by atoms with Crippen LogP contribution in [0.5, 0.6) is 0 Å². The van der Waals surface area contributed by atoms with Crippen molar-refractivity contribution in [1.82, 2.24) is 4.98 Å². The summed E-state index contributed by atoms with van der Waals surface area (Å²) in [5.41, 5.74) is 1.90. The third-order valence-electron chi connectivity index (χ3n) is 2.55. The Morgan fingerprint density at radius 1 is 1.53 bits per heavy atom. The Labute approximate surface area is 123 Å². The molecule has 4 nitrogen and oxygen atoms in total. The number of aromatic nitrogens is 1. The number of nitrogens with one attached hydrogen (secondary N) is 1. The van der Waals surface area contributed by atoms with Crippen LogP contribution in [0.3, 0.4) is 0 Å². The van der Waals surface area contributed by atoms with Crippen LogP contribution in [0.1, 0.15) is 21.1 Å². The lowest BCUT2D eigenvalue weighted by Crippen LogP contribution is -2.10. The number of hydrogen-bond donors (Lipinski definition) is 2. The lowest BCUT2D eigenvalue weighted by atomic mass is 10.2. The van der Waals surface area contributed by atoms with Gasteiger partial charge in [0.25, 0.3) is 0 Å². The van der Waals surface area contributed by atoms with Crippen molar-refractivity contribution in [2.75, 3.05) is 11.9 Å². The zero-order chi connectivity index (χ0) is 13.8. The van der Waals surface area contributed by atoms with Crippen LogP contribution in [-0.2, 0) is 6.42 Å². The van der Waals surface area contributed by atoms with Gasteiger partial charge in [0.05, 0.1) is 10.6 Å². The first kappa shape index (κ1) is 14.0. The summed E-state index contributed by atoms with van der Waals surface area (Å²) in [4.78, 5) is 15.6. The second kappa shape index (κ2) is 6.16. The maximum absolute atomic E-state index is 11.2. The van der Waals surface area contributed by atoms with Gasteiger partial charge in [0.15, 0.2) is 0 Å². The molecule has 2 aromatic rings. The van der Waals surface area contributed by atoms with Crippen LogP contribution in [0.25, 0.3) is 0 Å². The molecule has 19 heavy (non-hydrogen) atoms. The van der Waals surface area contributed by atoms with E-state index in [0.29, 0.717) is 16.7 Å². The van der Waals surface area contributed by atoms with Gasteiger partial charge in [0.1, 0.15) is 0 Å². The number of nitrogens with zero attached hydrogens (tertiary/aromatic N) is 1. The summed E-state index contributed by atoms with van der Waals surface area (Å²) >= 11 is 4.88. The SMILES string of the molecule is Cc1csc(CCNc2cccc(Br)c2C(=O)O)n1. The molecule has 0 spiro atoms. The largest absolute Gasteiger partial charge is 0.478 e. The van der Waals surface area contributed by atoms with Crippen molar-refractivity contribution >= 4 is 38.9 Å². The van der Waals surface area contributed by atoms with Crippen LogP contribution >= 0.6 is 27.3 Å². The summed E-state index contributed by atoms with van der Waals surface area (Å²) in [5.74, 6) is -0.944. The fraction of sp³-hybridized carbons (Fsp3) is 0.231. The fourth-order valence-corrected chi connectivity index (χ4v) is 3.02. The molecule has 0 aliphatic carbocycles. The van der Waals surface area contributed by atoms with E-state index >= 15 is 0 Å². The molecule has 1 aromatic carbocycles. The summed E-state index contributed by atoms with van der Waals surface area (Å²) in [6, 6.07) is 5.30. The van der Waals surface area contributed by atoms with Gasteiger partial charge in [-0.25, -0.2) is 9.78 Å². The van der Waals surface area contributed by atoms with Crippen molar-refractivity contribution in [3.05, 3.63) is 44.3 Å². The molecule has 0 bridgehead atoms. The normalized spacial score (nSPS) is 10.4. The monoisotopic (exact) mass is 340 g/mol. The van der Waals surface area contributed by atoms with Crippen LogP contribution in [0, 0.1) is 6.92 Å². The Bertz CT molecular complexity index is 598. The Hall–Kier alpha value is -1.40. The average molecular weight is 341 g/mol. The number of benzene rings is 1. The summed E-state index contributed by atoms with van der Waals surface area (Å²) in [6.07, 6.45) is 0.782. The number of rotatable bonds is 5. The van der Waals surface area contributed by atoms with Crippen molar-refractivity contribution in [2.45, 2.75) is 13.3 Å². The summed E-state index contributed by atoms with van der Waals surface area (Å²) in [7, 11) is 0. The van der Waals surface area contributed by atoms with Crippen LogP contribution in [0.2, 0.25) is 0 Å². The minimum atomic E-state index is -0.944. The number of aryl methyl sites for hydroxylation is 1. The highest BCUT2D eigenvalue weighted by Gasteiger charge is 2.13. The molecule has 0 amide bonds. The quantitative estimate of drug-likeness (QED) is 0.873. The number of aromatic carboxylic acids is 1. The number of halogens is 1. The maximum Gasteiger partial charge on any atom is 0.338 e. The smallest absolute Gasteiger partial charge is 0.338 e. The van der Waals surface area contributed by atoms with Crippen molar-refractivity contribution in [3.8, 4) is 0 Å². The molecular weight excluding hydrogens is 328 g/mol. The zero-order valence-electron chi connectivity index (χ0n) is 10.3. The summed E-state index contributed by atoms with van der Waals surface area (Å²) in [5, 5.41) is 15.4. The molecule has 0 saturated carbocycles. The Balaban J connectivity index is 2.03. The number of anilines is 1. The van der Waals surface area contributed by atoms with Crippen LogP contribution < -0.4 is 5.32 Å². The molecule has 1 aromatic heterocycles. The van der Waals surface area contributed by atoms with Crippen molar-refractivity contribution in [3.63, 3.8) is 0 Å². The number of carboxylic acids is 1. The van der Waals surface area contributed by atoms with E-state index in [9.17, 15) is 9.90 Å². The first-order valence-electron chi connectivity index (χ1n) is 5.74. The second-order valence-corrected chi connectivity index (χ2v) is 5.82. The predicted molar refractivity (Wildman–Crippen MR) is 80.1 cm³/mol. The third kappa shape index (κ3) is 3.54. The number of carboxylic acid groups (broad SMARTS) is 1. The van der Waals surface area contributed by atoms with Crippen LogP contribution in [0.4, 0.5) is 5.69 Å². The Morgan fingerprint density at radius 3 is 2.95 bits per heavy atom. The van der Waals surface area contributed by atoms with Gasteiger partial charge in [0.2, 0.25) is 0 Å². The van der Waals surface area contributed by atoms with Crippen molar-refractivity contribution in [1.29, 1.82) is 0 Å². The van der Waals surface area contributed by atoms with E-state index in [1.54, 1.807) is 23.5 Å². The molecule has 0 fully saturated rings. The molecular formula is C13H13BrN2O2S. The van der Waals surface area contributed by atoms with Crippen molar-refractivity contribution in [2.24, 2.45) is 0 Å². The van der Waals surface area contributed by atoms with Gasteiger partial charge in [0, 0.05) is 34.2 Å². The molecule has 100 valence electrons. The Morgan fingerprint density at radius 2 is 2.32 bits per heavy atom. The number of carbonyl (C=O) groups is 1. The van der Waals surface area contributed by atoms with Gasteiger partial charge < -0.3 is 10.4 Å². The minimum Gasteiger partial charge on any atom is -0.478 e. The molecule has 0 radical (unpaired) electrons. The molecule has 2 rings (SSSR count). The van der Waals surface area contributed by atoms with Gasteiger partial charge >= 0.3 is 5.97 Å². The van der Waals surface area contributed by atoms with Crippen molar-refractivity contribution < 1.29 is 9.90 Å². The van der Waals surface area contributed by atoms with Crippen LogP contribution in [-0.4, -0.2) is 22.6 Å². The molecule has 0 aliphatic heterocycles. The topological polar surface area (TPSA) is 62.2 Å². The van der Waals surface area contributed by atoms with E-state index in [1.165, 1.54) is 0 Å². The molecule has 2 N–H and O–H groups in total. The molecule has 0 saturated heterocycles. The molecule has 0 unspecified atom stereocenters. The molecule has 1 heterocycles. The van der Waals surface area contributed by atoms with E-state index in [1.807, 2.05) is 18.4 Å². The average Bonchev–Trinajstić information content (AvgIpc) is 2.74. The summed E-state index contributed by atoms with van der Waals surface area (Å²) < 4.78 is 0.579. The van der Waals surface area contributed by atoms with Gasteiger partial charge in [-0.05, 0) is 35.0 Å². The van der Waals surface area contributed by atoms with E-state index in [2.05, 4.69) is 26.2 Å². The van der Waals surface area contributed by atoms with E-state index in [0.717, 1.165) is 17.1 Å². The maximum atomic E-state index is 11.2. The highest BCUT2D eigenvalue weighted by molar-refractivity contribution is 9.10. The lowest BCUT2D eigenvalue weighted by molar-refractivity contribution is 0.0697. The second-order valence-electron chi connectivity index (χ2n) is 4.03. The minimum absolute atomic E-state index is 0.262. The first-order chi connectivity index (χ1) is 9.08. The fourth-order valence-electron chi connectivity index (χ4n) is 1.71. The van der Waals surface area contributed by atoms with Gasteiger partial charge in [-0.2, -0.15) is 0 Å². The van der Waals surface area contributed by atoms with Crippen LogP contribution in [0.15, 0.2) is 28.1 Å². The number of hydrogen-bond acceptors (Lipinski definition) is 4. The lowest BCUT2D eigenvalue weighted by Gasteiger charge is -2.10. The zero-order valence-corrected chi connectivity index (χ0v) is 12.7. The molecule has 6 heteroatoms. The van der Waals surface area contributed by atoms with Gasteiger partial charge in [-0.1, -0.05) is 6.07 Å². The van der Waals surface area contributed by atoms with Gasteiger partial charge in [-0.3, -0.25) is 0 Å².